The highest BCUT2D eigenvalue weighted by molar-refractivity contribution is 7.99. The van der Waals surface area contributed by atoms with Crippen LogP contribution in [-0.2, 0) is 11.2 Å². The lowest BCUT2D eigenvalue weighted by molar-refractivity contribution is -0.113. The summed E-state index contributed by atoms with van der Waals surface area (Å²) in [6.45, 7) is 2.06. The summed E-state index contributed by atoms with van der Waals surface area (Å²) in [6, 6.07) is 14.1. The van der Waals surface area contributed by atoms with Crippen LogP contribution in [-0.4, -0.2) is 26.8 Å². The highest BCUT2D eigenvalue weighted by atomic mass is 32.2. The number of nitrogens with one attached hydrogen (secondary N) is 2. The lowest BCUT2D eigenvalue weighted by atomic mass is 10.1. The third kappa shape index (κ3) is 4.45. The molecule has 0 radical (unpaired) electrons. The Morgan fingerprint density at radius 3 is 2.88 bits per heavy atom. The highest BCUT2D eigenvalue weighted by Gasteiger charge is 2.11. The van der Waals surface area contributed by atoms with Gasteiger partial charge in [-0.05, 0) is 36.2 Å². The number of thioether (sulfide) groups is 1. The zero-order chi connectivity index (χ0) is 17.6. The van der Waals surface area contributed by atoms with Crippen LogP contribution in [0.15, 0.2) is 53.7 Å². The predicted octanol–water partition coefficient (Wildman–Crippen LogP) is 3.90. The van der Waals surface area contributed by atoms with Crippen LogP contribution < -0.4 is 5.32 Å². The number of carbonyl (C=O) groups excluding carboxylic acids is 1. The van der Waals surface area contributed by atoms with E-state index in [1.54, 1.807) is 18.2 Å². The van der Waals surface area contributed by atoms with Crippen LogP contribution in [0.1, 0.15) is 12.5 Å². The second kappa shape index (κ2) is 7.94. The number of hydrogen-bond acceptors (Lipinski definition) is 4. The molecule has 0 aliphatic heterocycles. The van der Waals surface area contributed by atoms with Crippen molar-refractivity contribution >= 4 is 23.4 Å². The van der Waals surface area contributed by atoms with Gasteiger partial charge in [-0.25, -0.2) is 9.37 Å². The SMILES string of the molecule is CCc1cccc(NC(=O)CSc2n[nH]c(-c3ccccc3F)n2)c1. The van der Waals surface area contributed by atoms with Crippen LogP contribution in [0, 0.1) is 5.82 Å². The summed E-state index contributed by atoms with van der Waals surface area (Å²) in [7, 11) is 0. The second-order valence-electron chi connectivity index (χ2n) is 5.34. The minimum atomic E-state index is -0.372. The Morgan fingerprint density at radius 2 is 2.08 bits per heavy atom. The van der Waals surface area contributed by atoms with Gasteiger partial charge in [0.15, 0.2) is 5.82 Å². The summed E-state index contributed by atoms with van der Waals surface area (Å²) in [6.07, 6.45) is 0.911. The fourth-order valence-electron chi connectivity index (χ4n) is 2.28. The van der Waals surface area contributed by atoms with Crippen LogP contribution in [0.25, 0.3) is 11.4 Å². The number of carbonyl (C=O) groups is 1. The summed E-state index contributed by atoms with van der Waals surface area (Å²) < 4.78 is 13.7. The first-order valence-electron chi connectivity index (χ1n) is 7.84. The molecule has 2 aromatic carbocycles. The number of nitrogens with zero attached hydrogens (tertiary/aromatic N) is 2. The van der Waals surface area contributed by atoms with Crippen molar-refractivity contribution in [2.45, 2.75) is 18.5 Å². The topological polar surface area (TPSA) is 70.7 Å². The standard InChI is InChI=1S/C18H17FN4OS/c1-2-12-6-5-7-13(10-12)20-16(24)11-25-18-21-17(22-23-18)14-8-3-4-9-15(14)19/h3-10H,2,11H2,1H3,(H,20,24)(H,21,22,23). The number of aryl methyl sites for hydroxylation is 1. The van der Waals surface area contributed by atoms with Gasteiger partial charge < -0.3 is 5.32 Å². The molecule has 0 aliphatic carbocycles. The van der Waals surface area contributed by atoms with E-state index in [4.69, 9.17) is 0 Å². The Kier molecular flexibility index (Phi) is 5.45. The molecule has 128 valence electrons. The molecule has 3 rings (SSSR count). The fraction of sp³-hybridized carbons (Fsp3) is 0.167. The number of rotatable bonds is 6. The van der Waals surface area contributed by atoms with Gasteiger partial charge in [0.1, 0.15) is 5.82 Å². The molecule has 0 atom stereocenters. The van der Waals surface area contributed by atoms with Crippen LogP contribution in [0.3, 0.4) is 0 Å². The molecule has 1 aromatic heterocycles. The second-order valence-corrected chi connectivity index (χ2v) is 6.28. The molecule has 7 heteroatoms. The Balaban J connectivity index is 1.58. The zero-order valence-corrected chi connectivity index (χ0v) is 14.4. The third-order valence-electron chi connectivity index (χ3n) is 3.55. The van der Waals surface area contributed by atoms with E-state index in [1.165, 1.54) is 17.8 Å². The normalized spacial score (nSPS) is 10.6. The van der Waals surface area contributed by atoms with Crippen molar-refractivity contribution in [2.75, 3.05) is 11.1 Å². The quantitative estimate of drug-likeness (QED) is 0.657. The van der Waals surface area contributed by atoms with E-state index in [1.807, 2.05) is 24.3 Å². The van der Waals surface area contributed by atoms with E-state index in [0.29, 0.717) is 16.5 Å². The predicted molar refractivity (Wildman–Crippen MR) is 97.0 cm³/mol. The van der Waals surface area contributed by atoms with Crippen molar-refractivity contribution in [1.29, 1.82) is 0 Å². The number of halogens is 1. The van der Waals surface area contributed by atoms with Crippen molar-refractivity contribution in [2.24, 2.45) is 0 Å². The largest absolute Gasteiger partial charge is 0.325 e. The minimum absolute atomic E-state index is 0.143. The molecule has 5 nitrogen and oxygen atoms in total. The van der Waals surface area contributed by atoms with Crippen LogP contribution in [0.2, 0.25) is 0 Å². The average molecular weight is 356 g/mol. The summed E-state index contributed by atoms with van der Waals surface area (Å²) in [5.74, 6) is 0.00108. The summed E-state index contributed by atoms with van der Waals surface area (Å²) >= 11 is 1.19. The van der Waals surface area contributed by atoms with Crippen molar-refractivity contribution in [3.05, 3.63) is 59.9 Å². The number of anilines is 1. The van der Waals surface area contributed by atoms with Gasteiger partial charge in [0.2, 0.25) is 11.1 Å². The summed E-state index contributed by atoms with van der Waals surface area (Å²) in [4.78, 5) is 16.3. The molecule has 0 unspecified atom stereocenters. The van der Waals surface area contributed by atoms with Crippen LogP contribution in [0.4, 0.5) is 10.1 Å². The highest BCUT2D eigenvalue weighted by Crippen LogP contribution is 2.21. The molecule has 0 fully saturated rings. The third-order valence-corrected chi connectivity index (χ3v) is 4.39. The summed E-state index contributed by atoms with van der Waals surface area (Å²) in [5, 5.41) is 9.97. The smallest absolute Gasteiger partial charge is 0.234 e. The Labute approximate surface area is 149 Å². The Hall–Kier alpha value is -2.67. The Morgan fingerprint density at radius 1 is 1.24 bits per heavy atom. The number of benzene rings is 2. The van der Waals surface area contributed by atoms with E-state index < -0.39 is 0 Å². The maximum atomic E-state index is 13.7. The Bertz CT molecular complexity index is 881. The van der Waals surface area contributed by atoms with Gasteiger partial charge in [0, 0.05) is 5.69 Å². The maximum absolute atomic E-state index is 13.7. The number of H-pyrrole nitrogens is 1. The first-order valence-corrected chi connectivity index (χ1v) is 8.83. The van der Waals surface area contributed by atoms with Gasteiger partial charge in [0.05, 0.1) is 11.3 Å². The number of aromatic amines is 1. The lowest BCUT2D eigenvalue weighted by Gasteiger charge is -2.05. The molecule has 3 aromatic rings. The molecule has 0 saturated heterocycles. The number of aromatic nitrogens is 3. The van der Waals surface area contributed by atoms with Gasteiger partial charge >= 0.3 is 0 Å². The van der Waals surface area contributed by atoms with Crippen molar-refractivity contribution in [3.63, 3.8) is 0 Å². The van der Waals surface area contributed by atoms with Gasteiger partial charge in [-0.1, -0.05) is 43.0 Å². The van der Waals surface area contributed by atoms with E-state index >= 15 is 0 Å². The zero-order valence-electron chi connectivity index (χ0n) is 13.6. The van der Waals surface area contributed by atoms with Crippen LogP contribution >= 0.6 is 11.8 Å². The number of amides is 1. The number of hydrogen-bond donors (Lipinski definition) is 2. The van der Waals surface area contributed by atoms with Gasteiger partial charge in [-0.15, -0.1) is 5.10 Å². The van der Waals surface area contributed by atoms with Crippen molar-refractivity contribution < 1.29 is 9.18 Å². The van der Waals surface area contributed by atoms with Gasteiger partial charge in [-0.2, -0.15) is 0 Å². The molecule has 0 aliphatic rings. The van der Waals surface area contributed by atoms with Gasteiger partial charge in [-0.3, -0.25) is 9.89 Å². The fourth-order valence-corrected chi connectivity index (χ4v) is 2.88. The van der Waals surface area contributed by atoms with E-state index in [9.17, 15) is 9.18 Å². The van der Waals surface area contributed by atoms with E-state index in [2.05, 4.69) is 27.4 Å². The monoisotopic (exact) mass is 356 g/mol. The molecule has 2 N–H and O–H groups in total. The minimum Gasteiger partial charge on any atom is -0.325 e. The van der Waals surface area contributed by atoms with Crippen molar-refractivity contribution in [1.82, 2.24) is 15.2 Å². The summed E-state index contributed by atoms with van der Waals surface area (Å²) in [5.41, 5.74) is 2.28. The molecule has 0 bridgehead atoms. The van der Waals surface area contributed by atoms with Gasteiger partial charge in [0.25, 0.3) is 0 Å². The molecule has 0 spiro atoms. The van der Waals surface area contributed by atoms with E-state index in [0.717, 1.165) is 17.7 Å². The first kappa shape index (κ1) is 17.2. The van der Waals surface area contributed by atoms with E-state index in [-0.39, 0.29) is 17.5 Å². The molecule has 1 heterocycles. The molecule has 25 heavy (non-hydrogen) atoms. The molecule has 1 amide bonds. The lowest BCUT2D eigenvalue weighted by Crippen LogP contribution is -2.14. The molecule has 0 saturated carbocycles. The molecular weight excluding hydrogens is 339 g/mol. The first-order chi connectivity index (χ1) is 12.2. The maximum Gasteiger partial charge on any atom is 0.234 e. The average Bonchev–Trinajstić information content (AvgIpc) is 3.09. The molecular formula is C18H17FN4OS. The van der Waals surface area contributed by atoms with Crippen molar-refractivity contribution in [3.8, 4) is 11.4 Å². The van der Waals surface area contributed by atoms with Crippen LogP contribution in [0.5, 0.6) is 0 Å².